The quantitative estimate of drug-likeness (QED) is 0.788. The molecule has 2 atom stereocenters. The number of methoxy groups -OCH3 is 2. The van der Waals surface area contributed by atoms with Crippen molar-refractivity contribution < 1.29 is 23.8 Å². The van der Waals surface area contributed by atoms with Crippen molar-refractivity contribution >= 4 is 11.9 Å². The molecule has 2 heterocycles. The first-order valence-electron chi connectivity index (χ1n) is 8.22. The Labute approximate surface area is 141 Å². The highest BCUT2D eigenvalue weighted by atomic mass is 16.6. The van der Waals surface area contributed by atoms with E-state index in [1.807, 2.05) is 19.1 Å². The summed E-state index contributed by atoms with van der Waals surface area (Å²) in [7, 11) is 3.15. The molecule has 24 heavy (non-hydrogen) atoms. The number of hydrogen-bond donors (Lipinski definition) is 0. The third-order valence-electron chi connectivity index (χ3n) is 4.87. The molecule has 2 fully saturated rings. The van der Waals surface area contributed by atoms with Crippen LogP contribution in [0.4, 0.5) is 0 Å². The number of amides is 1. The fraction of sp³-hybridized carbons (Fsp3) is 0.556. The lowest BCUT2D eigenvalue weighted by Crippen LogP contribution is -2.51. The van der Waals surface area contributed by atoms with Crippen molar-refractivity contribution in [2.45, 2.75) is 44.2 Å². The number of esters is 1. The average molecular weight is 333 g/mol. The van der Waals surface area contributed by atoms with Crippen LogP contribution in [-0.4, -0.2) is 49.2 Å². The van der Waals surface area contributed by atoms with E-state index in [-0.39, 0.29) is 24.4 Å². The van der Waals surface area contributed by atoms with Crippen molar-refractivity contribution in [3.63, 3.8) is 0 Å². The second kappa shape index (κ2) is 6.34. The minimum absolute atomic E-state index is 0.0612. The van der Waals surface area contributed by atoms with Gasteiger partial charge >= 0.3 is 5.97 Å². The lowest BCUT2D eigenvalue weighted by atomic mass is 9.92. The zero-order chi connectivity index (χ0) is 17.3. The van der Waals surface area contributed by atoms with Gasteiger partial charge in [-0.2, -0.15) is 0 Å². The molecule has 0 N–H and O–H groups in total. The number of carbonyl (C=O) groups excluding carboxylic acids is 2. The Hall–Kier alpha value is -2.24. The lowest BCUT2D eigenvalue weighted by molar-refractivity contribution is -0.154. The molecule has 0 bridgehead atoms. The van der Waals surface area contributed by atoms with Crippen LogP contribution in [0.1, 0.15) is 31.7 Å². The average Bonchev–Trinajstić information content (AvgIpc) is 3.10. The number of carbonyl (C=O) groups is 2. The van der Waals surface area contributed by atoms with E-state index in [0.29, 0.717) is 30.9 Å². The summed E-state index contributed by atoms with van der Waals surface area (Å²) in [5.41, 5.74) is 0.0390. The van der Waals surface area contributed by atoms with Gasteiger partial charge in [0.1, 0.15) is 23.1 Å². The van der Waals surface area contributed by atoms with Crippen LogP contribution >= 0.6 is 0 Å². The van der Waals surface area contributed by atoms with Gasteiger partial charge in [0, 0.05) is 19.0 Å². The zero-order valence-corrected chi connectivity index (χ0v) is 14.3. The van der Waals surface area contributed by atoms with Gasteiger partial charge in [0.25, 0.3) is 0 Å². The fourth-order valence-electron chi connectivity index (χ4n) is 3.80. The zero-order valence-electron chi connectivity index (χ0n) is 14.3. The van der Waals surface area contributed by atoms with E-state index in [9.17, 15) is 9.59 Å². The Balaban J connectivity index is 1.81. The van der Waals surface area contributed by atoms with Gasteiger partial charge in [-0.25, -0.2) is 4.79 Å². The standard InChI is InChI=1S/C18H23NO5/c1-12-11-18(17(21)24-12)5-4-6-19(18)16(20)9-13-7-14(22-2)10-15(8-13)23-3/h7-8,10,12H,4-6,9,11H2,1-3H3. The molecule has 1 spiro atoms. The van der Waals surface area contributed by atoms with Crippen molar-refractivity contribution in [1.29, 1.82) is 0 Å². The minimum Gasteiger partial charge on any atom is -0.497 e. The van der Waals surface area contributed by atoms with E-state index in [1.54, 1.807) is 25.2 Å². The number of nitrogens with zero attached hydrogens (tertiary/aromatic N) is 1. The summed E-state index contributed by atoms with van der Waals surface area (Å²) in [5, 5.41) is 0. The molecular formula is C18H23NO5. The number of cyclic esters (lactones) is 1. The number of rotatable bonds is 4. The Morgan fingerprint density at radius 3 is 2.50 bits per heavy atom. The number of hydrogen-bond acceptors (Lipinski definition) is 5. The molecule has 1 amide bonds. The lowest BCUT2D eigenvalue weighted by Gasteiger charge is -2.31. The Morgan fingerprint density at radius 1 is 1.29 bits per heavy atom. The maximum atomic E-state index is 12.9. The second-order valence-corrected chi connectivity index (χ2v) is 6.50. The molecule has 6 heteroatoms. The molecule has 2 unspecified atom stereocenters. The predicted octanol–water partition coefficient (Wildman–Crippen LogP) is 1.94. The predicted molar refractivity (Wildman–Crippen MR) is 87.1 cm³/mol. The van der Waals surface area contributed by atoms with Crippen LogP contribution in [0.3, 0.4) is 0 Å². The molecule has 0 aliphatic carbocycles. The van der Waals surface area contributed by atoms with E-state index in [4.69, 9.17) is 14.2 Å². The summed E-state index contributed by atoms with van der Waals surface area (Å²) in [5.74, 6) is 0.960. The van der Waals surface area contributed by atoms with Gasteiger partial charge < -0.3 is 19.1 Å². The first-order valence-corrected chi connectivity index (χ1v) is 8.22. The van der Waals surface area contributed by atoms with Crippen molar-refractivity contribution in [2.24, 2.45) is 0 Å². The molecule has 2 aliphatic rings. The van der Waals surface area contributed by atoms with Crippen LogP contribution in [0.5, 0.6) is 11.5 Å². The Bertz CT molecular complexity index is 637. The molecule has 0 aromatic heterocycles. The van der Waals surface area contributed by atoms with E-state index >= 15 is 0 Å². The van der Waals surface area contributed by atoms with Gasteiger partial charge in [0.05, 0.1) is 20.6 Å². The third-order valence-corrected chi connectivity index (χ3v) is 4.87. The summed E-state index contributed by atoms with van der Waals surface area (Å²) in [6.45, 7) is 2.47. The van der Waals surface area contributed by atoms with Crippen LogP contribution in [0, 0.1) is 0 Å². The smallest absolute Gasteiger partial charge is 0.332 e. The molecular weight excluding hydrogens is 310 g/mol. The third kappa shape index (κ3) is 2.81. The first-order chi connectivity index (χ1) is 11.5. The summed E-state index contributed by atoms with van der Waals surface area (Å²) in [6.07, 6.45) is 2.16. The molecule has 6 nitrogen and oxygen atoms in total. The summed E-state index contributed by atoms with van der Waals surface area (Å²) in [6, 6.07) is 5.40. The first kappa shape index (κ1) is 16.6. The second-order valence-electron chi connectivity index (χ2n) is 6.50. The van der Waals surface area contributed by atoms with E-state index in [1.165, 1.54) is 0 Å². The van der Waals surface area contributed by atoms with Crippen molar-refractivity contribution in [3.8, 4) is 11.5 Å². The molecule has 2 aliphatic heterocycles. The highest BCUT2D eigenvalue weighted by molar-refractivity contribution is 5.91. The number of likely N-dealkylation sites (tertiary alicyclic amines) is 1. The summed E-state index contributed by atoms with van der Waals surface area (Å²) >= 11 is 0. The molecule has 1 aromatic carbocycles. The van der Waals surface area contributed by atoms with Gasteiger partial charge in [-0.3, -0.25) is 4.79 Å². The van der Waals surface area contributed by atoms with Crippen LogP contribution in [0.2, 0.25) is 0 Å². The van der Waals surface area contributed by atoms with Gasteiger partial charge in [-0.1, -0.05) is 0 Å². The monoisotopic (exact) mass is 333 g/mol. The van der Waals surface area contributed by atoms with Crippen LogP contribution < -0.4 is 9.47 Å². The van der Waals surface area contributed by atoms with Gasteiger partial charge in [0.15, 0.2) is 0 Å². The van der Waals surface area contributed by atoms with Crippen LogP contribution in [-0.2, 0) is 20.7 Å². The fourth-order valence-corrected chi connectivity index (χ4v) is 3.80. The van der Waals surface area contributed by atoms with Crippen molar-refractivity contribution in [1.82, 2.24) is 4.90 Å². The molecule has 2 saturated heterocycles. The Kier molecular flexibility index (Phi) is 4.39. The number of ether oxygens (including phenoxy) is 3. The maximum absolute atomic E-state index is 12.9. The van der Waals surface area contributed by atoms with E-state index in [2.05, 4.69) is 0 Å². The molecule has 0 radical (unpaired) electrons. The molecule has 130 valence electrons. The van der Waals surface area contributed by atoms with E-state index in [0.717, 1.165) is 12.0 Å². The van der Waals surface area contributed by atoms with Crippen molar-refractivity contribution in [3.05, 3.63) is 23.8 Å². The highest BCUT2D eigenvalue weighted by Gasteiger charge is 2.55. The minimum atomic E-state index is -0.764. The van der Waals surface area contributed by atoms with Crippen molar-refractivity contribution in [2.75, 3.05) is 20.8 Å². The summed E-state index contributed by atoms with van der Waals surface area (Å²) in [4.78, 5) is 26.9. The van der Waals surface area contributed by atoms with Crippen LogP contribution in [0.15, 0.2) is 18.2 Å². The Morgan fingerprint density at radius 2 is 1.96 bits per heavy atom. The number of benzene rings is 1. The van der Waals surface area contributed by atoms with E-state index < -0.39 is 5.54 Å². The van der Waals surface area contributed by atoms with Gasteiger partial charge in [0.2, 0.25) is 5.91 Å². The highest BCUT2D eigenvalue weighted by Crippen LogP contribution is 2.40. The van der Waals surface area contributed by atoms with Gasteiger partial charge in [-0.15, -0.1) is 0 Å². The molecule has 3 rings (SSSR count). The van der Waals surface area contributed by atoms with Crippen LogP contribution in [0.25, 0.3) is 0 Å². The SMILES string of the molecule is COc1cc(CC(=O)N2CCCC23CC(C)OC3=O)cc(OC)c1. The summed E-state index contributed by atoms with van der Waals surface area (Å²) < 4.78 is 15.8. The normalized spacial score (nSPS) is 25.9. The topological polar surface area (TPSA) is 65.1 Å². The molecule has 1 aromatic rings. The largest absolute Gasteiger partial charge is 0.497 e. The maximum Gasteiger partial charge on any atom is 0.332 e. The van der Waals surface area contributed by atoms with Gasteiger partial charge in [-0.05, 0) is 37.5 Å². The molecule has 0 saturated carbocycles.